The molecule has 0 aliphatic heterocycles. The number of aromatic nitrogens is 2. The van der Waals surface area contributed by atoms with E-state index in [4.69, 9.17) is 9.26 Å². The lowest BCUT2D eigenvalue weighted by molar-refractivity contribution is 0.203. The second kappa shape index (κ2) is 8.35. The molecule has 0 aliphatic carbocycles. The van der Waals surface area contributed by atoms with Gasteiger partial charge in [-0.15, -0.1) is 0 Å². The summed E-state index contributed by atoms with van der Waals surface area (Å²) < 4.78 is 10.5. The molecule has 0 saturated heterocycles. The molecule has 1 N–H and O–H groups in total. The highest BCUT2D eigenvalue weighted by molar-refractivity contribution is 5.89. The van der Waals surface area contributed by atoms with Crippen molar-refractivity contribution in [3.05, 3.63) is 60.0 Å². The molecule has 3 rings (SSSR count). The van der Waals surface area contributed by atoms with Crippen LogP contribution in [0.4, 0.5) is 10.5 Å². The Morgan fingerprint density at radius 1 is 1.22 bits per heavy atom. The lowest BCUT2D eigenvalue weighted by Gasteiger charge is -2.19. The van der Waals surface area contributed by atoms with Crippen molar-refractivity contribution < 1.29 is 14.1 Å². The molecule has 0 bridgehead atoms. The third-order valence-corrected chi connectivity index (χ3v) is 4.08. The maximum atomic E-state index is 12.5. The molecule has 7 nitrogen and oxygen atoms in total. The second-order valence-electron chi connectivity index (χ2n) is 6.05. The van der Waals surface area contributed by atoms with Gasteiger partial charge in [0.2, 0.25) is 11.7 Å². The number of aryl methyl sites for hydroxylation is 1. The normalized spacial score (nSPS) is 10.5. The van der Waals surface area contributed by atoms with E-state index in [1.54, 1.807) is 12.0 Å². The zero-order valence-electron chi connectivity index (χ0n) is 15.6. The molecule has 1 heterocycles. The molecule has 1 aromatic heterocycles. The summed E-state index contributed by atoms with van der Waals surface area (Å²) in [6.07, 6.45) is 0. The number of hydrogen-bond acceptors (Lipinski definition) is 5. The number of amides is 2. The van der Waals surface area contributed by atoms with Gasteiger partial charge in [0, 0.05) is 17.8 Å². The fourth-order valence-electron chi connectivity index (χ4n) is 2.59. The quantitative estimate of drug-likeness (QED) is 0.710. The minimum atomic E-state index is -0.215. The van der Waals surface area contributed by atoms with Crippen LogP contribution in [0.15, 0.2) is 53.1 Å². The van der Waals surface area contributed by atoms with Crippen molar-refractivity contribution >= 4 is 11.7 Å². The SMILES string of the molecule is CCN(Cc1nc(-c2ccc(OC)cc2)no1)C(=O)Nc1cccc(C)c1. The van der Waals surface area contributed by atoms with Gasteiger partial charge in [0.05, 0.1) is 7.11 Å². The van der Waals surface area contributed by atoms with E-state index in [1.165, 1.54) is 0 Å². The van der Waals surface area contributed by atoms with E-state index in [9.17, 15) is 4.79 Å². The van der Waals surface area contributed by atoms with Gasteiger partial charge in [-0.3, -0.25) is 0 Å². The topological polar surface area (TPSA) is 80.5 Å². The Morgan fingerprint density at radius 3 is 2.67 bits per heavy atom. The molecule has 2 amide bonds. The standard InChI is InChI=1S/C20H22N4O3/c1-4-24(20(25)21-16-7-5-6-14(2)12-16)13-18-22-19(23-27-18)15-8-10-17(26-3)11-9-15/h5-12H,4,13H2,1-3H3,(H,21,25). The zero-order valence-corrected chi connectivity index (χ0v) is 15.6. The van der Waals surface area contributed by atoms with Crippen molar-refractivity contribution in [1.82, 2.24) is 15.0 Å². The van der Waals surface area contributed by atoms with Gasteiger partial charge >= 0.3 is 6.03 Å². The Bertz CT molecular complexity index is 906. The highest BCUT2D eigenvalue weighted by Crippen LogP contribution is 2.20. The van der Waals surface area contributed by atoms with E-state index in [0.717, 1.165) is 22.6 Å². The average molecular weight is 366 g/mol. The van der Waals surface area contributed by atoms with E-state index in [1.807, 2.05) is 62.4 Å². The summed E-state index contributed by atoms with van der Waals surface area (Å²) in [5.74, 6) is 1.61. The summed E-state index contributed by atoms with van der Waals surface area (Å²) in [5, 5.41) is 6.89. The van der Waals surface area contributed by atoms with Crippen LogP contribution >= 0.6 is 0 Å². The average Bonchev–Trinajstić information content (AvgIpc) is 3.14. The number of carbonyl (C=O) groups is 1. The number of hydrogen-bond donors (Lipinski definition) is 1. The van der Waals surface area contributed by atoms with Gasteiger partial charge in [0.1, 0.15) is 12.3 Å². The van der Waals surface area contributed by atoms with Crippen LogP contribution in [0, 0.1) is 6.92 Å². The van der Waals surface area contributed by atoms with E-state index in [2.05, 4.69) is 15.5 Å². The minimum absolute atomic E-state index is 0.215. The van der Waals surface area contributed by atoms with Crippen LogP contribution in [0.1, 0.15) is 18.4 Å². The fraction of sp³-hybridized carbons (Fsp3) is 0.250. The summed E-state index contributed by atoms with van der Waals surface area (Å²) in [5.41, 5.74) is 2.65. The smallest absolute Gasteiger partial charge is 0.322 e. The first kappa shape index (κ1) is 18.4. The Balaban J connectivity index is 1.67. The number of anilines is 1. The van der Waals surface area contributed by atoms with Crippen LogP contribution in [0.5, 0.6) is 5.75 Å². The summed E-state index contributed by atoms with van der Waals surface area (Å²) in [6.45, 7) is 4.62. The van der Waals surface area contributed by atoms with Crippen LogP contribution in [0.2, 0.25) is 0 Å². The predicted molar refractivity (Wildman–Crippen MR) is 103 cm³/mol. The zero-order chi connectivity index (χ0) is 19.2. The van der Waals surface area contributed by atoms with Crippen molar-refractivity contribution in [3.63, 3.8) is 0 Å². The third kappa shape index (κ3) is 4.63. The fourth-order valence-corrected chi connectivity index (χ4v) is 2.59. The first-order valence-electron chi connectivity index (χ1n) is 8.68. The molecule has 0 unspecified atom stereocenters. The van der Waals surface area contributed by atoms with Crippen LogP contribution < -0.4 is 10.1 Å². The van der Waals surface area contributed by atoms with Gasteiger partial charge in [-0.1, -0.05) is 17.3 Å². The summed E-state index contributed by atoms with van der Waals surface area (Å²) >= 11 is 0. The first-order chi connectivity index (χ1) is 13.1. The maximum Gasteiger partial charge on any atom is 0.322 e. The highest BCUT2D eigenvalue weighted by atomic mass is 16.5. The van der Waals surface area contributed by atoms with Gasteiger partial charge in [-0.05, 0) is 55.8 Å². The number of benzene rings is 2. The Morgan fingerprint density at radius 2 is 2.00 bits per heavy atom. The number of urea groups is 1. The molecular weight excluding hydrogens is 344 g/mol. The summed E-state index contributed by atoms with van der Waals surface area (Å²) in [7, 11) is 1.61. The lowest BCUT2D eigenvalue weighted by Crippen LogP contribution is -2.34. The second-order valence-corrected chi connectivity index (χ2v) is 6.05. The number of methoxy groups -OCH3 is 1. The number of nitrogens with zero attached hydrogens (tertiary/aromatic N) is 3. The molecule has 0 spiro atoms. The van der Waals surface area contributed by atoms with Crippen molar-refractivity contribution in [3.8, 4) is 17.1 Å². The molecule has 140 valence electrons. The molecule has 0 fully saturated rings. The van der Waals surface area contributed by atoms with Gasteiger partial charge in [-0.2, -0.15) is 4.98 Å². The molecule has 2 aromatic carbocycles. The van der Waals surface area contributed by atoms with Crippen LogP contribution in [0.3, 0.4) is 0 Å². The van der Waals surface area contributed by atoms with E-state index < -0.39 is 0 Å². The molecular formula is C20H22N4O3. The van der Waals surface area contributed by atoms with Crippen LogP contribution in [-0.4, -0.2) is 34.7 Å². The molecule has 27 heavy (non-hydrogen) atoms. The molecule has 3 aromatic rings. The molecule has 0 radical (unpaired) electrons. The number of nitrogens with one attached hydrogen (secondary N) is 1. The summed E-state index contributed by atoms with van der Waals surface area (Å²) in [4.78, 5) is 18.5. The van der Waals surface area contributed by atoms with Gasteiger partial charge in [-0.25, -0.2) is 4.79 Å². The first-order valence-corrected chi connectivity index (χ1v) is 8.68. The van der Waals surface area contributed by atoms with Gasteiger partial charge in [0.25, 0.3) is 0 Å². The van der Waals surface area contributed by atoms with E-state index in [0.29, 0.717) is 18.3 Å². The Hall–Kier alpha value is -3.35. The van der Waals surface area contributed by atoms with Crippen molar-refractivity contribution in [2.75, 3.05) is 19.0 Å². The van der Waals surface area contributed by atoms with Crippen LogP contribution in [0.25, 0.3) is 11.4 Å². The monoisotopic (exact) mass is 366 g/mol. The number of carbonyl (C=O) groups excluding carboxylic acids is 1. The maximum absolute atomic E-state index is 12.5. The highest BCUT2D eigenvalue weighted by Gasteiger charge is 2.17. The predicted octanol–water partition coefficient (Wildman–Crippen LogP) is 4.11. The van der Waals surface area contributed by atoms with Crippen molar-refractivity contribution in [2.45, 2.75) is 20.4 Å². The Kier molecular flexibility index (Phi) is 5.71. The van der Waals surface area contributed by atoms with E-state index >= 15 is 0 Å². The lowest BCUT2D eigenvalue weighted by atomic mass is 10.2. The molecule has 0 atom stereocenters. The van der Waals surface area contributed by atoms with Gasteiger partial charge in [0.15, 0.2) is 0 Å². The van der Waals surface area contributed by atoms with E-state index in [-0.39, 0.29) is 12.6 Å². The minimum Gasteiger partial charge on any atom is -0.497 e. The van der Waals surface area contributed by atoms with Crippen molar-refractivity contribution in [1.29, 1.82) is 0 Å². The molecule has 0 saturated carbocycles. The third-order valence-electron chi connectivity index (χ3n) is 4.08. The number of rotatable bonds is 6. The number of ether oxygens (including phenoxy) is 1. The van der Waals surface area contributed by atoms with Crippen molar-refractivity contribution in [2.24, 2.45) is 0 Å². The molecule has 0 aliphatic rings. The summed E-state index contributed by atoms with van der Waals surface area (Å²) in [6, 6.07) is 14.8. The van der Waals surface area contributed by atoms with Gasteiger partial charge < -0.3 is 19.5 Å². The van der Waals surface area contributed by atoms with Crippen LogP contribution in [-0.2, 0) is 6.54 Å². The Labute approximate surface area is 158 Å². The largest absolute Gasteiger partial charge is 0.497 e. The molecule has 7 heteroatoms.